The van der Waals surface area contributed by atoms with E-state index >= 15 is 0 Å². The Morgan fingerprint density at radius 1 is 1.35 bits per heavy atom. The Morgan fingerprint density at radius 2 is 2.00 bits per heavy atom. The van der Waals surface area contributed by atoms with Crippen LogP contribution in [0.25, 0.3) is 0 Å². The van der Waals surface area contributed by atoms with E-state index < -0.39 is 37.3 Å². The van der Waals surface area contributed by atoms with E-state index in [1.807, 2.05) is 0 Å². The van der Waals surface area contributed by atoms with Gasteiger partial charge in [0.1, 0.15) is 17.6 Å². The molecule has 0 saturated carbocycles. The quantitative estimate of drug-likeness (QED) is 0.844. The van der Waals surface area contributed by atoms with Gasteiger partial charge in [0.25, 0.3) is 6.43 Å². The zero-order valence-corrected chi connectivity index (χ0v) is 10.0. The van der Waals surface area contributed by atoms with E-state index in [0.717, 1.165) is 11.0 Å². The van der Waals surface area contributed by atoms with Gasteiger partial charge in [-0.1, -0.05) is 0 Å². The Bertz CT molecular complexity index is 498. The van der Waals surface area contributed by atoms with Gasteiger partial charge in [-0.15, -0.1) is 0 Å². The number of aliphatic hydroxyl groups excluding tert-OH is 1. The molecular formula is C11H10F5N3O. The molecule has 0 aliphatic heterocycles. The molecule has 0 spiro atoms. The third-order valence-corrected chi connectivity index (χ3v) is 2.31. The molecule has 0 unspecified atom stereocenters. The van der Waals surface area contributed by atoms with Crippen molar-refractivity contribution in [2.24, 2.45) is 0 Å². The van der Waals surface area contributed by atoms with Gasteiger partial charge in [0.2, 0.25) is 0 Å². The van der Waals surface area contributed by atoms with Crippen LogP contribution in [0.4, 0.5) is 27.8 Å². The molecule has 1 rings (SSSR count). The highest BCUT2D eigenvalue weighted by Gasteiger charge is 2.33. The molecule has 0 aromatic carbocycles. The third kappa shape index (κ3) is 4.03. The van der Waals surface area contributed by atoms with Gasteiger partial charge in [-0.2, -0.15) is 18.4 Å². The highest BCUT2D eigenvalue weighted by molar-refractivity contribution is 5.54. The van der Waals surface area contributed by atoms with Crippen molar-refractivity contribution in [3.05, 3.63) is 23.4 Å². The molecule has 0 saturated heterocycles. The number of nitriles is 1. The summed E-state index contributed by atoms with van der Waals surface area (Å²) in [5, 5.41) is 17.6. The van der Waals surface area contributed by atoms with E-state index in [1.165, 1.54) is 0 Å². The Labute approximate surface area is 111 Å². The summed E-state index contributed by atoms with van der Waals surface area (Å²) in [5.41, 5.74) is -1.56. The van der Waals surface area contributed by atoms with Gasteiger partial charge in [-0.05, 0) is 12.1 Å². The maximum Gasteiger partial charge on any atom is 0.433 e. The molecule has 0 amide bonds. The van der Waals surface area contributed by atoms with Crippen molar-refractivity contribution in [2.75, 3.05) is 24.6 Å². The molecule has 0 aliphatic rings. The van der Waals surface area contributed by atoms with E-state index in [4.69, 9.17) is 10.4 Å². The van der Waals surface area contributed by atoms with Crippen molar-refractivity contribution in [3.63, 3.8) is 0 Å². The first-order chi connectivity index (χ1) is 9.29. The van der Waals surface area contributed by atoms with Crippen LogP contribution < -0.4 is 4.90 Å². The molecule has 20 heavy (non-hydrogen) atoms. The molecule has 1 N–H and O–H groups in total. The highest BCUT2D eigenvalue weighted by atomic mass is 19.4. The van der Waals surface area contributed by atoms with E-state index in [9.17, 15) is 22.0 Å². The summed E-state index contributed by atoms with van der Waals surface area (Å²) in [7, 11) is 0. The molecule has 0 radical (unpaired) electrons. The van der Waals surface area contributed by atoms with Gasteiger partial charge in [0.15, 0.2) is 0 Å². The van der Waals surface area contributed by atoms with Gasteiger partial charge in [-0.3, -0.25) is 0 Å². The molecule has 4 nitrogen and oxygen atoms in total. The SMILES string of the molecule is N#Cc1ccc(C(F)(F)F)nc1N(CCO)CC(F)F. The summed E-state index contributed by atoms with van der Waals surface area (Å²) < 4.78 is 62.5. The summed E-state index contributed by atoms with van der Waals surface area (Å²) in [6.07, 6.45) is -7.59. The van der Waals surface area contributed by atoms with E-state index in [0.29, 0.717) is 6.07 Å². The zero-order valence-electron chi connectivity index (χ0n) is 10.0. The third-order valence-electron chi connectivity index (χ3n) is 2.31. The largest absolute Gasteiger partial charge is 0.433 e. The highest BCUT2D eigenvalue weighted by Crippen LogP contribution is 2.30. The van der Waals surface area contributed by atoms with E-state index in [-0.39, 0.29) is 12.1 Å². The topological polar surface area (TPSA) is 60.2 Å². The minimum absolute atomic E-state index is 0.271. The standard InChI is InChI=1S/C11H10F5N3O/c12-9(13)6-19(3-4-20)10-7(5-17)1-2-8(18-10)11(14,15)16/h1-2,9,20H,3-4,6H2. The molecule has 0 fully saturated rings. The van der Waals surface area contributed by atoms with Gasteiger partial charge < -0.3 is 10.0 Å². The van der Waals surface area contributed by atoms with Gasteiger partial charge in [0.05, 0.1) is 18.7 Å². The van der Waals surface area contributed by atoms with Crippen LogP contribution in [0.15, 0.2) is 12.1 Å². The van der Waals surface area contributed by atoms with Gasteiger partial charge in [0, 0.05) is 6.54 Å². The Balaban J connectivity index is 3.26. The van der Waals surface area contributed by atoms with Crippen molar-refractivity contribution < 1.29 is 27.1 Å². The maximum absolute atomic E-state index is 12.6. The first-order valence-electron chi connectivity index (χ1n) is 5.42. The lowest BCUT2D eigenvalue weighted by Crippen LogP contribution is -2.33. The Hall–Kier alpha value is -1.95. The first-order valence-corrected chi connectivity index (χ1v) is 5.42. The van der Waals surface area contributed by atoms with Crippen LogP contribution in [0.3, 0.4) is 0 Å². The van der Waals surface area contributed by atoms with Crippen molar-refractivity contribution in [2.45, 2.75) is 12.6 Å². The van der Waals surface area contributed by atoms with Crippen molar-refractivity contribution >= 4 is 5.82 Å². The lowest BCUT2D eigenvalue weighted by Gasteiger charge is -2.24. The molecule has 0 bridgehead atoms. The molecule has 0 atom stereocenters. The van der Waals surface area contributed by atoms with Crippen LogP contribution in [0, 0.1) is 11.3 Å². The lowest BCUT2D eigenvalue weighted by molar-refractivity contribution is -0.141. The molecular weight excluding hydrogens is 285 g/mol. The monoisotopic (exact) mass is 295 g/mol. The number of hydrogen-bond donors (Lipinski definition) is 1. The number of hydrogen-bond acceptors (Lipinski definition) is 4. The smallest absolute Gasteiger partial charge is 0.395 e. The lowest BCUT2D eigenvalue weighted by atomic mass is 10.2. The number of alkyl halides is 5. The fraction of sp³-hybridized carbons (Fsp3) is 0.455. The fourth-order valence-electron chi connectivity index (χ4n) is 1.51. The molecule has 1 aromatic heterocycles. The Morgan fingerprint density at radius 3 is 2.45 bits per heavy atom. The fourth-order valence-corrected chi connectivity index (χ4v) is 1.51. The van der Waals surface area contributed by atoms with Crippen LogP contribution in [-0.2, 0) is 6.18 Å². The number of aromatic nitrogens is 1. The number of nitrogens with zero attached hydrogens (tertiary/aromatic N) is 3. The van der Waals surface area contributed by atoms with Crippen LogP contribution in [0.5, 0.6) is 0 Å². The predicted molar refractivity (Wildman–Crippen MR) is 59.3 cm³/mol. The summed E-state index contributed by atoms with van der Waals surface area (Å²) in [6, 6.07) is 3.05. The van der Waals surface area contributed by atoms with Gasteiger partial charge in [-0.25, -0.2) is 13.8 Å². The van der Waals surface area contributed by atoms with E-state index in [2.05, 4.69) is 4.98 Å². The van der Waals surface area contributed by atoms with E-state index in [1.54, 1.807) is 6.07 Å². The minimum atomic E-state index is -4.75. The molecule has 9 heteroatoms. The number of anilines is 1. The molecule has 1 heterocycles. The van der Waals surface area contributed by atoms with Crippen molar-refractivity contribution in [1.82, 2.24) is 4.98 Å². The normalized spacial score (nSPS) is 11.5. The van der Waals surface area contributed by atoms with Crippen molar-refractivity contribution in [3.8, 4) is 6.07 Å². The second kappa shape index (κ2) is 6.47. The van der Waals surface area contributed by atoms with Crippen molar-refractivity contribution in [1.29, 1.82) is 5.26 Å². The Kier molecular flexibility index (Phi) is 5.21. The average molecular weight is 295 g/mol. The summed E-state index contributed by atoms with van der Waals surface area (Å²) >= 11 is 0. The summed E-state index contributed by atoms with van der Waals surface area (Å²) in [6.45, 7) is -1.84. The first kappa shape index (κ1) is 16.1. The number of pyridine rings is 1. The zero-order chi connectivity index (χ0) is 15.3. The van der Waals surface area contributed by atoms with Crippen LogP contribution in [0.2, 0.25) is 0 Å². The summed E-state index contributed by atoms with van der Waals surface area (Å²) in [5.74, 6) is -0.517. The van der Waals surface area contributed by atoms with Crippen LogP contribution in [0.1, 0.15) is 11.3 Å². The molecule has 0 aliphatic carbocycles. The number of halogens is 5. The minimum Gasteiger partial charge on any atom is -0.395 e. The molecule has 110 valence electrons. The predicted octanol–water partition coefficient (Wildman–Crippen LogP) is 2.04. The maximum atomic E-state index is 12.6. The number of aliphatic hydroxyl groups is 1. The van der Waals surface area contributed by atoms with Crippen LogP contribution in [-0.4, -0.2) is 36.2 Å². The average Bonchev–Trinajstić information content (AvgIpc) is 2.36. The number of rotatable bonds is 5. The van der Waals surface area contributed by atoms with Gasteiger partial charge >= 0.3 is 6.18 Å². The van der Waals surface area contributed by atoms with Crippen LogP contribution >= 0.6 is 0 Å². The second-order valence-corrected chi connectivity index (χ2v) is 3.74. The summed E-state index contributed by atoms with van der Waals surface area (Å²) in [4.78, 5) is 3.97. The second-order valence-electron chi connectivity index (χ2n) is 3.74. The molecule has 1 aromatic rings.